The summed E-state index contributed by atoms with van der Waals surface area (Å²) < 4.78 is 35.1. The Kier molecular flexibility index (Phi) is 2.86. The van der Waals surface area contributed by atoms with Crippen LogP contribution in [-0.4, -0.2) is 37.2 Å². The Balaban J connectivity index is 2.08. The van der Waals surface area contributed by atoms with Crippen LogP contribution in [-0.2, 0) is 9.84 Å². The first-order valence-electron chi connectivity index (χ1n) is 4.87. The van der Waals surface area contributed by atoms with Crippen molar-refractivity contribution in [1.82, 2.24) is 0 Å². The molecule has 1 saturated heterocycles. The average Bonchev–Trinajstić information content (AvgIpc) is 2.44. The molecule has 4 nitrogen and oxygen atoms in total. The average molecular weight is 245 g/mol. The van der Waals surface area contributed by atoms with Crippen molar-refractivity contribution in [2.75, 3.05) is 16.8 Å². The summed E-state index contributed by atoms with van der Waals surface area (Å²) in [4.78, 5) is 0. The third kappa shape index (κ3) is 2.51. The molecule has 1 aliphatic rings. The lowest BCUT2D eigenvalue weighted by Crippen LogP contribution is -2.31. The first-order valence-corrected chi connectivity index (χ1v) is 6.69. The van der Waals surface area contributed by atoms with Crippen molar-refractivity contribution in [3.8, 4) is 0 Å². The highest BCUT2D eigenvalue weighted by molar-refractivity contribution is 7.91. The third-order valence-corrected chi connectivity index (χ3v) is 4.24. The first-order chi connectivity index (χ1) is 7.46. The van der Waals surface area contributed by atoms with Gasteiger partial charge in [0.2, 0.25) is 0 Å². The van der Waals surface area contributed by atoms with E-state index >= 15 is 0 Å². The first kappa shape index (κ1) is 11.3. The van der Waals surface area contributed by atoms with Crippen LogP contribution in [0.3, 0.4) is 0 Å². The molecule has 1 aliphatic heterocycles. The van der Waals surface area contributed by atoms with Gasteiger partial charge in [-0.2, -0.15) is 0 Å². The number of anilines is 1. The van der Waals surface area contributed by atoms with Gasteiger partial charge in [-0.05, 0) is 24.3 Å². The van der Waals surface area contributed by atoms with Crippen molar-refractivity contribution in [2.24, 2.45) is 0 Å². The second-order valence-corrected chi connectivity index (χ2v) is 6.06. The van der Waals surface area contributed by atoms with Crippen LogP contribution >= 0.6 is 0 Å². The Bertz CT molecular complexity index is 471. The molecule has 2 atom stereocenters. The van der Waals surface area contributed by atoms with Gasteiger partial charge in [-0.15, -0.1) is 0 Å². The summed E-state index contributed by atoms with van der Waals surface area (Å²) in [5.74, 6) is -0.664. The fraction of sp³-hybridized carbons (Fsp3) is 0.400. The number of halogens is 1. The molecule has 0 aromatic heterocycles. The van der Waals surface area contributed by atoms with E-state index in [1.165, 1.54) is 24.3 Å². The summed E-state index contributed by atoms with van der Waals surface area (Å²) in [5, 5.41) is 12.4. The smallest absolute Gasteiger partial charge is 0.155 e. The fourth-order valence-corrected chi connectivity index (χ4v) is 3.47. The van der Waals surface area contributed by atoms with E-state index in [1.54, 1.807) is 0 Å². The predicted molar refractivity (Wildman–Crippen MR) is 58.5 cm³/mol. The van der Waals surface area contributed by atoms with Crippen LogP contribution in [0.5, 0.6) is 0 Å². The minimum atomic E-state index is -3.16. The number of rotatable bonds is 2. The summed E-state index contributed by atoms with van der Waals surface area (Å²) >= 11 is 0. The lowest BCUT2D eigenvalue weighted by atomic mass is 10.2. The minimum Gasteiger partial charge on any atom is -0.390 e. The molecule has 1 aromatic carbocycles. The number of benzene rings is 1. The molecule has 6 heteroatoms. The molecule has 88 valence electrons. The monoisotopic (exact) mass is 245 g/mol. The van der Waals surface area contributed by atoms with Crippen LogP contribution < -0.4 is 5.32 Å². The SMILES string of the molecule is O=S1(=O)C[C@H](O)[C@H](Nc2ccc(F)cc2)C1. The molecule has 0 spiro atoms. The Hall–Kier alpha value is -1.14. The highest BCUT2D eigenvalue weighted by Crippen LogP contribution is 2.18. The maximum atomic E-state index is 12.6. The molecule has 2 N–H and O–H groups in total. The van der Waals surface area contributed by atoms with Gasteiger partial charge in [0.1, 0.15) is 5.82 Å². The molecule has 16 heavy (non-hydrogen) atoms. The largest absolute Gasteiger partial charge is 0.390 e. The fourth-order valence-electron chi connectivity index (χ4n) is 1.73. The van der Waals surface area contributed by atoms with Crippen molar-refractivity contribution in [3.05, 3.63) is 30.1 Å². The van der Waals surface area contributed by atoms with Gasteiger partial charge in [-0.25, -0.2) is 12.8 Å². The molecule has 0 bridgehead atoms. The van der Waals surface area contributed by atoms with Crippen molar-refractivity contribution in [2.45, 2.75) is 12.1 Å². The van der Waals surface area contributed by atoms with E-state index in [0.29, 0.717) is 5.69 Å². The molecular weight excluding hydrogens is 233 g/mol. The Labute approximate surface area is 93.0 Å². The second-order valence-electron chi connectivity index (χ2n) is 3.90. The molecule has 1 fully saturated rings. The van der Waals surface area contributed by atoms with Crippen LogP contribution in [0.2, 0.25) is 0 Å². The summed E-state index contributed by atoms with van der Waals surface area (Å²) in [6.07, 6.45) is -0.907. The molecule has 0 saturated carbocycles. The predicted octanol–water partition coefficient (Wildman–Crippen LogP) is 0.395. The van der Waals surface area contributed by atoms with Gasteiger partial charge < -0.3 is 10.4 Å². The van der Waals surface area contributed by atoms with E-state index in [-0.39, 0.29) is 17.3 Å². The van der Waals surface area contributed by atoms with E-state index in [0.717, 1.165) is 0 Å². The summed E-state index contributed by atoms with van der Waals surface area (Å²) in [5.41, 5.74) is 0.600. The van der Waals surface area contributed by atoms with Gasteiger partial charge in [0.05, 0.1) is 23.7 Å². The van der Waals surface area contributed by atoms with Crippen molar-refractivity contribution >= 4 is 15.5 Å². The van der Waals surface area contributed by atoms with E-state index in [1.807, 2.05) is 0 Å². The normalized spacial score (nSPS) is 27.9. The Morgan fingerprint density at radius 2 is 1.88 bits per heavy atom. The van der Waals surface area contributed by atoms with Gasteiger partial charge in [-0.1, -0.05) is 0 Å². The minimum absolute atomic E-state index is 0.0917. The summed E-state index contributed by atoms with van der Waals surface area (Å²) in [6, 6.07) is 5.05. The number of nitrogens with one attached hydrogen (secondary N) is 1. The lowest BCUT2D eigenvalue weighted by molar-refractivity contribution is 0.190. The molecule has 1 aromatic rings. The lowest BCUT2D eigenvalue weighted by Gasteiger charge is -2.15. The highest BCUT2D eigenvalue weighted by Gasteiger charge is 2.36. The molecule has 2 rings (SSSR count). The zero-order valence-corrected chi connectivity index (χ0v) is 9.24. The number of sulfone groups is 1. The zero-order chi connectivity index (χ0) is 11.8. The summed E-state index contributed by atoms with van der Waals surface area (Å²) in [6.45, 7) is 0. The second kappa shape index (κ2) is 4.03. The van der Waals surface area contributed by atoms with E-state index in [2.05, 4.69) is 5.32 Å². The summed E-state index contributed by atoms with van der Waals surface area (Å²) in [7, 11) is -3.16. The molecule has 0 radical (unpaired) electrons. The molecule has 0 unspecified atom stereocenters. The molecular formula is C10H12FNO3S. The van der Waals surface area contributed by atoms with Crippen LogP contribution in [0, 0.1) is 5.82 Å². The van der Waals surface area contributed by atoms with E-state index in [4.69, 9.17) is 0 Å². The molecule has 1 heterocycles. The highest BCUT2D eigenvalue weighted by atomic mass is 32.2. The van der Waals surface area contributed by atoms with Gasteiger partial charge in [0.25, 0.3) is 0 Å². The van der Waals surface area contributed by atoms with Crippen LogP contribution in [0.15, 0.2) is 24.3 Å². The quantitative estimate of drug-likeness (QED) is 0.791. The van der Waals surface area contributed by atoms with Gasteiger partial charge in [-0.3, -0.25) is 0 Å². The topological polar surface area (TPSA) is 66.4 Å². The van der Waals surface area contributed by atoms with E-state index in [9.17, 15) is 17.9 Å². The Morgan fingerprint density at radius 1 is 1.25 bits per heavy atom. The van der Waals surface area contributed by atoms with Gasteiger partial charge in [0, 0.05) is 5.69 Å². The Morgan fingerprint density at radius 3 is 2.38 bits per heavy atom. The van der Waals surface area contributed by atoms with E-state index < -0.39 is 22.0 Å². The maximum absolute atomic E-state index is 12.6. The van der Waals surface area contributed by atoms with Crippen LogP contribution in [0.4, 0.5) is 10.1 Å². The number of aliphatic hydroxyl groups excluding tert-OH is 1. The third-order valence-electron chi connectivity index (χ3n) is 2.52. The van der Waals surface area contributed by atoms with Gasteiger partial charge in [0.15, 0.2) is 9.84 Å². The van der Waals surface area contributed by atoms with Crippen molar-refractivity contribution in [1.29, 1.82) is 0 Å². The number of hydrogen-bond acceptors (Lipinski definition) is 4. The molecule has 0 aliphatic carbocycles. The van der Waals surface area contributed by atoms with Crippen LogP contribution in [0.25, 0.3) is 0 Å². The van der Waals surface area contributed by atoms with Crippen LogP contribution in [0.1, 0.15) is 0 Å². The van der Waals surface area contributed by atoms with Gasteiger partial charge >= 0.3 is 0 Å². The number of hydrogen-bond donors (Lipinski definition) is 2. The maximum Gasteiger partial charge on any atom is 0.155 e. The van der Waals surface area contributed by atoms with Crippen molar-refractivity contribution in [3.63, 3.8) is 0 Å². The number of aliphatic hydroxyl groups is 1. The van der Waals surface area contributed by atoms with Crippen molar-refractivity contribution < 1.29 is 17.9 Å². The standard InChI is InChI=1S/C10H12FNO3S/c11-7-1-3-8(4-2-7)12-9-5-16(14,15)6-10(9)13/h1-4,9-10,12-13H,5-6H2/t9-,10+/m1/s1. The molecule has 0 amide bonds. The zero-order valence-electron chi connectivity index (χ0n) is 8.43.